The van der Waals surface area contributed by atoms with Crippen molar-refractivity contribution in [3.63, 3.8) is 0 Å². The van der Waals surface area contributed by atoms with Crippen molar-refractivity contribution in [2.24, 2.45) is 0 Å². The van der Waals surface area contributed by atoms with Crippen LogP contribution >= 0.6 is 39.1 Å². The van der Waals surface area contributed by atoms with Crippen LogP contribution in [0.2, 0.25) is 10.3 Å². The van der Waals surface area contributed by atoms with Crippen molar-refractivity contribution >= 4 is 50.6 Å². The molecule has 0 atom stereocenters. The maximum atomic E-state index is 10.9. The van der Waals surface area contributed by atoms with E-state index in [2.05, 4.69) is 31.2 Å². The van der Waals surface area contributed by atoms with Crippen LogP contribution in [0.1, 0.15) is 5.56 Å². The highest BCUT2D eigenvalue weighted by Crippen LogP contribution is 2.25. The first kappa shape index (κ1) is 15.0. The molecule has 0 amide bonds. The van der Waals surface area contributed by atoms with Crippen LogP contribution < -0.4 is 5.32 Å². The predicted molar refractivity (Wildman–Crippen MR) is 80.2 cm³/mol. The monoisotopic (exact) mass is 376 g/mol. The van der Waals surface area contributed by atoms with Crippen LogP contribution in [0.4, 0.5) is 11.5 Å². The molecule has 1 aromatic carbocycles. The molecule has 2 aromatic rings. The van der Waals surface area contributed by atoms with Gasteiger partial charge in [0.2, 0.25) is 11.1 Å². The summed E-state index contributed by atoms with van der Waals surface area (Å²) in [4.78, 5) is 17.7. The van der Waals surface area contributed by atoms with Gasteiger partial charge in [-0.05, 0) is 35.4 Å². The minimum absolute atomic E-state index is 0.0473. The fourth-order valence-corrected chi connectivity index (χ4v) is 2.20. The third-order valence-corrected chi connectivity index (χ3v) is 3.43. The summed E-state index contributed by atoms with van der Waals surface area (Å²) in [6, 6.07) is 5.34. The molecule has 0 saturated carbocycles. The molecular weight excluding hydrogens is 371 g/mol. The molecule has 0 radical (unpaired) electrons. The number of nitrogens with one attached hydrogen (secondary N) is 1. The lowest BCUT2D eigenvalue weighted by atomic mass is 10.2. The molecule has 1 aromatic heterocycles. The molecule has 0 aliphatic heterocycles. The minimum atomic E-state index is -0.582. The number of rotatable bonds is 4. The van der Waals surface area contributed by atoms with Crippen molar-refractivity contribution < 1.29 is 4.92 Å². The van der Waals surface area contributed by atoms with Gasteiger partial charge in [-0.2, -0.15) is 4.98 Å². The third-order valence-electron chi connectivity index (χ3n) is 2.39. The van der Waals surface area contributed by atoms with Gasteiger partial charge in [-0.25, -0.2) is 4.98 Å². The summed E-state index contributed by atoms with van der Waals surface area (Å²) < 4.78 is 0.855. The minimum Gasteiger partial charge on any atom is -0.360 e. The molecule has 2 rings (SSSR count). The number of hydrogen-bond acceptors (Lipinski definition) is 5. The van der Waals surface area contributed by atoms with Crippen LogP contribution in [-0.2, 0) is 6.54 Å². The van der Waals surface area contributed by atoms with Gasteiger partial charge in [0.25, 0.3) is 0 Å². The summed E-state index contributed by atoms with van der Waals surface area (Å²) in [7, 11) is 0. The standard InChI is InChI=1S/C11H7BrCl2N4O2/c12-7-1-2-8(13)6(3-7)4-15-10-9(18(19)20)5-16-11(14)17-10/h1-3,5H,4H2,(H,15,16,17). The van der Waals surface area contributed by atoms with Gasteiger partial charge in [-0.3, -0.25) is 10.1 Å². The number of nitro groups is 1. The Morgan fingerprint density at radius 3 is 2.85 bits per heavy atom. The SMILES string of the molecule is O=[N+]([O-])c1cnc(Cl)nc1NCc1cc(Br)ccc1Cl. The molecule has 0 fully saturated rings. The zero-order chi connectivity index (χ0) is 14.7. The van der Waals surface area contributed by atoms with Crippen molar-refractivity contribution in [3.8, 4) is 0 Å². The van der Waals surface area contributed by atoms with Gasteiger partial charge >= 0.3 is 5.69 Å². The third kappa shape index (κ3) is 3.56. The van der Waals surface area contributed by atoms with Crippen LogP contribution in [0.15, 0.2) is 28.9 Å². The molecule has 0 bridgehead atoms. The molecule has 1 N–H and O–H groups in total. The van der Waals surface area contributed by atoms with Crippen LogP contribution in [-0.4, -0.2) is 14.9 Å². The fourth-order valence-electron chi connectivity index (χ4n) is 1.48. The number of anilines is 1. The van der Waals surface area contributed by atoms with E-state index in [1.165, 1.54) is 0 Å². The van der Waals surface area contributed by atoms with E-state index in [1.54, 1.807) is 12.1 Å². The molecular formula is C11H7BrCl2N4O2. The molecule has 9 heteroatoms. The lowest BCUT2D eigenvalue weighted by Crippen LogP contribution is -2.06. The Hall–Kier alpha value is -1.44. The summed E-state index contributed by atoms with van der Waals surface area (Å²) in [5.41, 5.74) is 0.519. The largest absolute Gasteiger partial charge is 0.360 e. The first-order valence-corrected chi connectivity index (χ1v) is 6.87. The Labute approximate surface area is 132 Å². The highest BCUT2D eigenvalue weighted by molar-refractivity contribution is 9.10. The Morgan fingerprint density at radius 1 is 1.40 bits per heavy atom. The summed E-state index contributed by atoms with van der Waals surface area (Å²) >= 11 is 15.0. The number of halogens is 3. The van der Waals surface area contributed by atoms with E-state index in [-0.39, 0.29) is 23.3 Å². The zero-order valence-electron chi connectivity index (χ0n) is 9.81. The van der Waals surface area contributed by atoms with Gasteiger partial charge in [-0.1, -0.05) is 27.5 Å². The van der Waals surface area contributed by atoms with Gasteiger partial charge in [0.1, 0.15) is 6.20 Å². The van der Waals surface area contributed by atoms with Crippen LogP contribution in [0.5, 0.6) is 0 Å². The van der Waals surface area contributed by atoms with Crippen molar-refractivity contribution in [3.05, 3.63) is 54.9 Å². The van der Waals surface area contributed by atoms with Gasteiger partial charge in [0.15, 0.2) is 0 Å². The molecule has 0 spiro atoms. The van der Waals surface area contributed by atoms with Crippen LogP contribution in [0.25, 0.3) is 0 Å². The molecule has 0 saturated heterocycles. The predicted octanol–water partition coefficient (Wildman–Crippen LogP) is 4.07. The van der Waals surface area contributed by atoms with Crippen molar-refractivity contribution in [2.75, 3.05) is 5.32 Å². The summed E-state index contributed by atoms with van der Waals surface area (Å²) in [5.74, 6) is 0.0473. The topological polar surface area (TPSA) is 81.0 Å². The average Bonchev–Trinajstić information content (AvgIpc) is 2.39. The Bertz CT molecular complexity index is 669. The number of hydrogen-bond donors (Lipinski definition) is 1. The van der Waals surface area contributed by atoms with Crippen LogP contribution in [0.3, 0.4) is 0 Å². The zero-order valence-corrected chi connectivity index (χ0v) is 12.9. The Balaban J connectivity index is 2.24. The quantitative estimate of drug-likeness (QED) is 0.493. The van der Waals surface area contributed by atoms with Crippen LogP contribution in [0, 0.1) is 10.1 Å². The average molecular weight is 378 g/mol. The lowest BCUT2D eigenvalue weighted by molar-refractivity contribution is -0.384. The Morgan fingerprint density at radius 2 is 2.15 bits per heavy atom. The summed E-state index contributed by atoms with van der Waals surface area (Å²) in [6.45, 7) is 0.270. The molecule has 0 aliphatic rings. The van der Waals surface area contributed by atoms with Gasteiger partial charge in [-0.15, -0.1) is 0 Å². The van der Waals surface area contributed by atoms with Gasteiger partial charge in [0, 0.05) is 16.0 Å². The molecule has 0 unspecified atom stereocenters. The van der Waals surface area contributed by atoms with E-state index < -0.39 is 4.92 Å². The second kappa shape index (κ2) is 6.34. The van der Waals surface area contributed by atoms with Gasteiger partial charge in [0.05, 0.1) is 4.92 Å². The summed E-state index contributed by atoms with van der Waals surface area (Å²) in [5, 5.41) is 14.2. The normalized spacial score (nSPS) is 10.3. The highest BCUT2D eigenvalue weighted by Gasteiger charge is 2.16. The maximum Gasteiger partial charge on any atom is 0.329 e. The molecule has 0 aliphatic carbocycles. The first-order chi connectivity index (χ1) is 9.47. The van der Waals surface area contributed by atoms with Crippen molar-refractivity contribution in [1.82, 2.24) is 9.97 Å². The lowest BCUT2D eigenvalue weighted by Gasteiger charge is -2.08. The smallest absolute Gasteiger partial charge is 0.329 e. The maximum absolute atomic E-state index is 10.9. The van der Waals surface area contributed by atoms with E-state index in [0.29, 0.717) is 5.02 Å². The number of benzene rings is 1. The molecule has 6 nitrogen and oxygen atoms in total. The number of aromatic nitrogens is 2. The van der Waals surface area contributed by atoms with Crippen molar-refractivity contribution in [2.45, 2.75) is 6.54 Å². The molecule has 1 heterocycles. The molecule has 104 valence electrons. The van der Waals surface area contributed by atoms with Gasteiger partial charge < -0.3 is 5.32 Å². The first-order valence-electron chi connectivity index (χ1n) is 5.32. The van der Waals surface area contributed by atoms with E-state index in [1.807, 2.05) is 6.07 Å². The fraction of sp³-hybridized carbons (Fsp3) is 0.0909. The van der Waals surface area contributed by atoms with E-state index in [0.717, 1.165) is 16.2 Å². The highest BCUT2D eigenvalue weighted by atomic mass is 79.9. The number of nitrogens with zero attached hydrogens (tertiary/aromatic N) is 3. The van der Waals surface area contributed by atoms with E-state index >= 15 is 0 Å². The second-order valence-corrected chi connectivity index (χ2v) is 5.38. The second-order valence-electron chi connectivity index (χ2n) is 3.72. The van der Waals surface area contributed by atoms with E-state index in [9.17, 15) is 10.1 Å². The summed E-state index contributed by atoms with van der Waals surface area (Å²) in [6.07, 6.45) is 1.06. The molecule has 20 heavy (non-hydrogen) atoms. The van der Waals surface area contributed by atoms with Crippen molar-refractivity contribution in [1.29, 1.82) is 0 Å². The Kier molecular flexibility index (Phi) is 4.74. The van der Waals surface area contributed by atoms with E-state index in [4.69, 9.17) is 23.2 Å².